The van der Waals surface area contributed by atoms with Gasteiger partial charge in [-0.1, -0.05) is 18.2 Å². The van der Waals surface area contributed by atoms with Crippen LogP contribution in [0, 0.1) is 0 Å². The van der Waals surface area contributed by atoms with Crippen LogP contribution in [0.5, 0.6) is 0 Å². The Bertz CT molecular complexity index is 741. The Morgan fingerprint density at radius 1 is 1.08 bits per heavy atom. The molecule has 25 heavy (non-hydrogen) atoms. The zero-order valence-corrected chi connectivity index (χ0v) is 15.4. The molecule has 0 bridgehead atoms. The summed E-state index contributed by atoms with van der Waals surface area (Å²) in [6.07, 6.45) is 4.52. The molecule has 0 aliphatic carbocycles. The van der Waals surface area contributed by atoms with Gasteiger partial charge in [0.1, 0.15) is 0 Å². The van der Waals surface area contributed by atoms with E-state index in [-0.39, 0.29) is 5.75 Å². The monoisotopic (exact) mass is 362 g/mol. The molecule has 0 aliphatic heterocycles. The van der Waals surface area contributed by atoms with Crippen molar-refractivity contribution in [2.24, 2.45) is 4.99 Å². The van der Waals surface area contributed by atoms with E-state index in [1.807, 2.05) is 37.5 Å². The summed E-state index contributed by atoms with van der Waals surface area (Å²) in [6, 6.07) is 12.5. The zero-order chi connectivity index (χ0) is 18.0. The summed E-state index contributed by atoms with van der Waals surface area (Å²) in [7, 11) is -3.23. The van der Waals surface area contributed by atoms with Crippen LogP contribution in [0.4, 0.5) is 0 Å². The summed E-state index contributed by atoms with van der Waals surface area (Å²) >= 11 is 0. The number of benzene rings is 1. The van der Waals surface area contributed by atoms with Gasteiger partial charge in [0.25, 0.3) is 0 Å². The van der Waals surface area contributed by atoms with Gasteiger partial charge in [-0.05, 0) is 37.6 Å². The van der Waals surface area contributed by atoms with Crippen molar-refractivity contribution in [3.8, 4) is 0 Å². The Balaban J connectivity index is 1.78. The lowest BCUT2D eigenvalue weighted by molar-refractivity contribution is 0.593. The maximum Gasteiger partial charge on any atom is 0.191 e. The molecule has 0 spiro atoms. The van der Waals surface area contributed by atoms with Crippen molar-refractivity contribution in [3.05, 3.63) is 54.9 Å². The standard InChI is InChI=1S/C18H26N4O2S/c1-2-19-18(21-12-15-22-13-6-7-14-22)20-11-8-16-25(23,24)17-9-4-3-5-10-17/h3-7,9-10,13-14H,2,8,11-12,15-16H2,1H3,(H2,19,20,21). The first-order valence-corrected chi connectivity index (χ1v) is 10.2. The lowest BCUT2D eigenvalue weighted by Gasteiger charge is -2.11. The summed E-state index contributed by atoms with van der Waals surface area (Å²) < 4.78 is 26.5. The predicted octanol–water partition coefficient (Wildman–Crippen LogP) is 1.91. The van der Waals surface area contributed by atoms with Gasteiger partial charge in [-0.25, -0.2) is 8.42 Å². The Hall–Kier alpha value is -2.28. The highest BCUT2D eigenvalue weighted by Crippen LogP contribution is 2.10. The third-order valence-electron chi connectivity index (χ3n) is 3.62. The van der Waals surface area contributed by atoms with Gasteiger partial charge in [-0.15, -0.1) is 0 Å². The Labute approximate surface area is 149 Å². The molecule has 2 rings (SSSR count). The molecule has 6 nitrogen and oxygen atoms in total. The van der Waals surface area contributed by atoms with Gasteiger partial charge >= 0.3 is 0 Å². The lowest BCUT2D eigenvalue weighted by Crippen LogP contribution is -2.39. The highest BCUT2D eigenvalue weighted by molar-refractivity contribution is 7.91. The molecule has 2 aromatic rings. The van der Waals surface area contributed by atoms with Crippen molar-refractivity contribution >= 4 is 15.8 Å². The van der Waals surface area contributed by atoms with Crippen molar-refractivity contribution in [2.45, 2.75) is 24.8 Å². The fraction of sp³-hybridized carbons (Fsp3) is 0.389. The number of nitrogens with one attached hydrogen (secondary N) is 2. The van der Waals surface area contributed by atoms with Crippen molar-refractivity contribution in [2.75, 3.05) is 25.4 Å². The smallest absolute Gasteiger partial charge is 0.191 e. The number of hydrogen-bond donors (Lipinski definition) is 2. The first-order valence-electron chi connectivity index (χ1n) is 8.52. The number of aromatic nitrogens is 1. The molecule has 0 aliphatic rings. The molecule has 0 saturated heterocycles. The van der Waals surface area contributed by atoms with E-state index in [2.05, 4.69) is 20.2 Å². The van der Waals surface area contributed by atoms with Crippen molar-refractivity contribution in [1.29, 1.82) is 0 Å². The molecule has 0 fully saturated rings. The van der Waals surface area contributed by atoms with E-state index in [4.69, 9.17) is 0 Å². The van der Waals surface area contributed by atoms with Gasteiger partial charge < -0.3 is 15.2 Å². The van der Waals surface area contributed by atoms with Crippen LogP contribution in [-0.4, -0.2) is 44.3 Å². The molecule has 0 radical (unpaired) electrons. The molecule has 0 atom stereocenters. The molecular weight excluding hydrogens is 336 g/mol. The van der Waals surface area contributed by atoms with Crippen LogP contribution < -0.4 is 10.6 Å². The van der Waals surface area contributed by atoms with Crippen LogP contribution in [0.15, 0.2) is 64.7 Å². The highest BCUT2D eigenvalue weighted by atomic mass is 32.2. The first-order chi connectivity index (χ1) is 12.1. The second-order valence-corrected chi connectivity index (χ2v) is 7.70. The zero-order valence-electron chi connectivity index (χ0n) is 14.6. The number of rotatable bonds is 9. The van der Waals surface area contributed by atoms with Crippen LogP contribution in [-0.2, 0) is 16.4 Å². The van der Waals surface area contributed by atoms with Crippen LogP contribution >= 0.6 is 0 Å². The topological polar surface area (TPSA) is 75.5 Å². The van der Waals surface area contributed by atoms with E-state index < -0.39 is 9.84 Å². The molecule has 1 aromatic carbocycles. The predicted molar refractivity (Wildman–Crippen MR) is 102 cm³/mol. The summed E-state index contributed by atoms with van der Waals surface area (Å²) in [5, 5.41) is 6.43. The molecule has 0 amide bonds. The molecule has 1 heterocycles. The summed E-state index contributed by atoms with van der Waals surface area (Å²) in [5.74, 6) is 0.815. The second-order valence-electron chi connectivity index (χ2n) is 5.59. The van der Waals surface area contributed by atoms with Gasteiger partial charge in [0, 0.05) is 38.6 Å². The van der Waals surface area contributed by atoms with Crippen LogP contribution in [0.1, 0.15) is 13.3 Å². The average Bonchev–Trinajstić information content (AvgIpc) is 3.13. The number of guanidine groups is 1. The van der Waals surface area contributed by atoms with E-state index in [9.17, 15) is 8.42 Å². The molecule has 0 unspecified atom stereocenters. The molecule has 136 valence electrons. The van der Waals surface area contributed by atoms with E-state index in [1.54, 1.807) is 24.3 Å². The largest absolute Gasteiger partial charge is 0.357 e. The fourth-order valence-corrected chi connectivity index (χ4v) is 3.67. The van der Waals surface area contributed by atoms with Gasteiger partial charge in [0.05, 0.1) is 10.6 Å². The van der Waals surface area contributed by atoms with Gasteiger partial charge in [-0.2, -0.15) is 0 Å². The van der Waals surface area contributed by atoms with E-state index in [0.717, 1.165) is 19.6 Å². The third kappa shape index (κ3) is 6.62. The number of sulfone groups is 1. The maximum absolute atomic E-state index is 12.2. The Morgan fingerprint density at radius 2 is 1.80 bits per heavy atom. The van der Waals surface area contributed by atoms with Crippen molar-refractivity contribution in [3.63, 3.8) is 0 Å². The number of aliphatic imine (C=N–C) groups is 1. The molecular formula is C18H26N4O2S. The third-order valence-corrected chi connectivity index (χ3v) is 5.43. The minimum Gasteiger partial charge on any atom is -0.357 e. The van der Waals surface area contributed by atoms with Crippen LogP contribution in [0.2, 0.25) is 0 Å². The maximum atomic E-state index is 12.2. The average molecular weight is 362 g/mol. The fourth-order valence-electron chi connectivity index (χ4n) is 2.36. The first kappa shape index (κ1) is 19.1. The van der Waals surface area contributed by atoms with Gasteiger partial charge in [-0.3, -0.25) is 4.99 Å². The van der Waals surface area contributed by atoms with E-state index in [0.29, 0.717) is 23.8 Å². The molecule has 2 N–H and O–H groups in total. The van der Waals surface area contributed by atoms with Gasteiger partial charge in [0.2, 0.25) is 0 Å². The molecule has 0 saturated carbocycles. The Kier molecular flexibility index (Phi) is 7.53. The summed E-state index contributed by atoms with van der Waals surface area (Å²) in [4.78, 5) is 4.82. The second kappa shape index (κ2) is 9.88. The van der Waals surface area contributed by atoms with Crippen LogP contribution in [0.3, 0.4) is 0 Å². The molecule has 1 aromatic heterocycles. The Morgan fingerprint density at radius 3 is 2.48 bits per heavy atom. The number of nitrogens with zero attached hydrogens (tertiary/aromatic N) is 2. The summed E-state index contributed by atoms with van der Waals surface area (Å²) in [6.45, 7) is 4.83. The quantitative estimate of drug-likeness (QED) is 0.406. The van der Waals surface area contributed by atoms with Crippen molar-refractivity contribution in [1.82, 2.24) is 15.2 Å². The minimum atomic E-state index is -3.23. The molecule has 7 heteroatoms. The number of hydrogen-bond acceptors (Lipinski definition) is 3. The lowest BCUT2D eigenvalue weighted by atomic mass is 10.4. The van der Waals surface area contributed by atoms with E-state index in [1.165, 1.54) is 0 Å². The normalized spacial score (nSPS) is 12.1. The van der Waals surface area contributed by atoms with Gasteiger partial charge in [0.15, 0.2) is 15.8 Å². The summed E-state index contributed by atoms with van der Waals surface area (Å²) in [5.41, 5.74) is 0. The van der Waals surface area contributed by atoms with E-state index >= 15 is 0 Å². The van der Waals surface area contributed by atoms with Crippen LogP contribution in [0.25, 0.3) is 0 Å². The SMILES string of the molecule is CCNC(=NCCCS(=O)(=O)c1ccccc1)NCCn1cccc1. The minimum absolute atomic E-state index is 0.100. The van der Waals surface area contributed by atoms with Crippen molar-refractivity contribution < 1.29 is 8.42 Å². The highest BCUT2D eigenvalue weighted by Gasteiger charge is 2.12.